The number of benzene rings is 1. The molecule has 1 N–H and O–H groups in total. The Bertz CT molecular complexity index is 824. The molecular weight excluding hydrogens is 338 g/mol. The van der Waals surface area contributed by atoms with Gasteiger partial charge in [-0.3, -0.25) is 10.1 Å². The first-order valence-corrected chi connectivity index (χ1v) is 8.57. The van der Waals surface area contributed by atoms with E-state index in [-0.39, 0.29) is 5.91 Å². The van der Waals surface area contributed by atoms with E-state index >= 15 is 0 Å². The Balaban J connectivity index is 1.85. The number of anilines is 1. The molecule has 0 saturated heterocycles. The maximum absolute atomic E-state index is 12.3. The first-order chi connectivity index (χ1) is 10.5. The third-order valence-corrected chi connectivity index (χ3v) is 5.27. The molecule has 1 aromatic carbocycles. The van der Waals surface area contributed by atoms with Gasteiger partial charge < -0.3 is 0 Å². The predicted octanol–water partition coefficient (Wildman–Crippen LogP) is 4.79. The number of aromatic nitrogens is 2. The van der Waals surface area contributed by atoms with Crippen LogP contribution in [0.3, 0.4) is 0 Å². The van der Waals surface area contributed by atoms with Crippen molar-refractivity contribution < 1.29 is 4.79 Å². The summed E-state index contributed by atoms with van der Waals surface area (Å²) in [5.41, 5.74) is 2.55. The number of thiazole rings is 2. The van der Waals surface area contributed by atoms with Crippen molar-refractivity contribution in [3.8, 4) is 10.6 Å². The second-order valence-corrected chi connectivity index (χ2v) is 6.98. The van der Waals surface area contributed by atoms with Crippen LogP contribution in [0.5, 0.6) is 0 Å². The van der Waals surface area contributed by atoms with E-state index in [0.717, 1.165) is 16.3 Å². The van der Waals surface area contributed by atoms with Crippen LogP contribution in [0.1, 0.15) is 21.1 Å². The summed E-state index contributed by atoms with van der Waals surface area (Å²) in [6.45, 7) is 3.72. The topological polar surface area (TPSA) is 54.9 Å². The van der Waals surface area contributed by atoms with Gasteiger partial charge in [0, 0.05) is 16.0 Å². The van der Waals surface area contributed by atoms with E-state index in [0.29, 0.717) is 20.7 Å². The van der Waals surface area contributed by atoms with Gasteiger partial charge >= 0.3 is 0 Å². The Labute approximate surface area is 140 Å². The second kappa shape index (κ2) is 6.16. The zero-order valence-electron chi connectivity index (χ0n) is 11.9. The highest BCUT2D eigenvalue weighted by atomic mass is 35.5. The fourth-order valence-corrected chi connectivity index (χ4v) is 3.66. The molecule has 0 fully saturated rings. The predicted molar refractivity (Wildman–Crippen MR) is 92.1 cm³/mol. The minimum Gasteiger partial charge on any atom is -0.297 e. The third kappa shape index (κ3) is 3.19. The number of nitrogens with one attached hydrogen (secondary N) is 1. The Morgan fingerprint density at radius 1 is 1.18 bits per heavy atom. The van der Waals surface area contributed by atoms with Gasteiger partial charge in [0.05, 0.1) is 11.4 Å². The highest BCUT2D eigenvalue weighted by Gasteiger charge is 2.17. The maximum Gasteiger partial charge on any atom is 0.269 e. The maximum atomic E-state index is 12.3. The molecule has 4 nitrogen and oxygen atoms in total. The fourth-order valence-electron chi connectivity index (χ4n) is 1.89. The Hall–Kier alpha value is -1.76. The summed E-state index contributed by atoms with van der Waals surface area (Å²) in [5.74, 6) is -0.176. The SMILES string of the molecule is Cc1csc(NC(=O)c2sc(-c3ccc(Cl)cc3)nc2C)n1. The van der Waals surface area contributed by atoms with Crippen LogP contribution in [-0.4, -0.2) is 15.9 Å². The van der Waals surface area contributed by atoms with Gasteiger partial charge in [-0.2, -0.15) is 0 Å². The Morgan fingerprint density at radius 3 is 2.55 bits per heavy atom. The Kier molecular flexibility index (Phi) is 4.24. The lowest BCUT2D eigenvalue weighted by atomic mass is 10.2. The van der Waals surface area contributed by atoms with Crippen LogP contribution in [-0.2, 0) is 0 Å². The highest BCUT2D eigenvalue weighted by molar-refractivity contribution is 7.17. The number of hydrogen-bond acceptors (Lipinski definition) is 5. The molecule has 1 amide bonds. The molecule has 0 saturated carbocycles. The van der Waals surface area contributed by atoms with Crippen molar-refractivity contribution in [2.75, 3.05) is 5.32 Å². The molecule has 0 aliphatic carbocycles. The standard InChI is InChI=1S/C15H12ClN3OS2/c1-8-7-21-15(17-8)19-13(20)12-9(2)18-14(22-12)10-3-5-11(16)6-4-10/h3-7H,1-2H3,(H,17,19,20). The van der Waals surface area contributed by atoms with Gasteiger partial charge in [-0.05, 0) is 26.0 Å². The van der Waals surface area contributed by atoms with E-state index in [2.05, 4.69) is 15.3 Å². The lowest BCUT2D eigenvalue weighted by Gasteiger charge is -1.98. The molecule has 0 radical (unpaired) electrons. The van der Waals surface area contributed by atoms with E-state index in [1.165, 1.54) is 22.7 Å². The highest BCUT2D eigenvalue weighted by Crippen LogP contribution is 2.29. The minimum absolute atomic E-state index is 0.176. The second-order valence-electron chi connectivity index (χ2n) is 4.69. The number of carbonyl (C=O) groups is 1. The zero-order chi connectivity index (χ0) is 15.7. The molecule has 3 aromatic rings. The van der Waals surface area contributed by atoms with Crippen LogP contribution in [0.25, 0.3) is 10.6 Å². The van der Waals surface area contributed by atoms with Gasteiger partial charge in [-0.25, -0.2) is 9.97 Å². The first kappa shape index (κ1) is 15.1. The van der Waals surface area contributed by atoms with Crippen molar-refractivity contribution in [1.29, 1.82) is 0 Å². The molecule has 0 unspecified atom stereocenters. The van der Waals surface area contributed by atoms with Crippen molar-refractivity contribution >= 4 is 45.3 Å². The van der Waals surface area contributed by atoms with E-state index in [4.69, 9.17) is 11.6 Å². The summed E-state index contributed by atoms with van der Waals surface area (Å²) in [5, 5.41) is 6.78. The largest absolute Gasteiger partial charge is 0.297 e. The zero-order valence-corrected chi connectivity index (χ0v) is 14.3. The van der Waals surface area contributed by atoms with Crippen molar-refractivity contribution in [3.63, 3.8) is 0 Å². The lowest BCUT2D eigenvalue weighted by molar-refractivity contribution is 0.103. The molecule has 0 aliphatic heterocycles. The summed E-state index contributed by atoms with van der Waals surface area (Å²) in [6, 6.07) is 7.41. The van der Waals surface area contributed by atoms with Crippen molar-refractivity contribution in [3.05, 3.63) is 50.9 Å². The Morgan fingerprint density at radius 2 is 1.91 bits per heavy atom. The molecule has 2 heterocycles. The molecule has 7 heteroatoms. The van der Waals surface area contributed by atoms with Gasteiger partial charge in [0.15, 0.2) is 5.13 Å². The van der Waals surface area contributed by atoms with Gasteiger partial charge in [0.25, 0.3) is 5.91 Å². The molecule has 22 heavy (non-hydrogen) atoms. The van der Waals surface area contributed by atoms with Crippen molar-refractivity contribution in [1.82, 2.24) is 9.97 Å². The monoisotopic (exact) mass is 349 g/mol. The van der Waals surface area contributed by atoms with E-state index < -0.39 is 0 Å². The molecule has 112 valence electrons. The molecule has 0 atom stereocenters. The summed E-state index contributed by atoms with van der Waals surface area (Å²) < 4.78 is 0. The molecule has 3 rings (SSSR count). The molecule has 0 spiro atoms. The van der Waals surface area contributed by atoms with Crippen LogP contribution in [0.15, 0.2) is 29.6 Å². The fraction of sp³-hybridized carbons (Fsp3) is 0.133. The number of amides is 1. The van der Waals surface area contributed by atoms with Gasteiger partial charge in [0.1, 0.15) is 9.88 Å². The summed E-state index contributed by atoms with van der Waals surface area (Å²) in [7, 11) is 0. The van der Waals surface area contributed by atoms with Gasteiger partial charge in [-0.15, -0.1) is 22.7 Å². The summed E-state index contributed by atoms with van der Waals surface area (Å²) >= 11 is 8.66. The molecular formula is C15H12ClN3OS2. The number of aryl methyl sites for hydroxylation is 2. The quantitative estimate of drug-likeness (QED) is 0.739. The molecule has 2 aromatic heterocycles. The first-order valence-electron chi connectivity index (χ1n) is 6.50. The van der Waals surface area contributed by atoms with Crippen molar-refractivity contribution in [2.45, 2.75) is 13.8 Å². The summed E-state index contributed by atoms with van der Waals surface area (Å²) in [4.78, 5) is 21.7. The van der Waals surface area contributed by atoms with Crippen LogP contribution in [0.2, 0.25) is 5.02 Å². The van der Waals surface area contributed by atoms with E-state index in [1.807, 2.05) is 43.5 Å². The van der Waals surface area contributed by atoms with Gasteiger partial charge in [0.2, 0.25) is 0 Å². The average Bonchev–Trinajstić information content (AvgIpc) is 3.06. The smallest absolute Gasteiger partial charge is 0.269 e. The summed E-state index contributed by atoms with van der Waals surface area (Å²) in [6.07, 6.45) is 0. The van der Waals surface area contributed by atoms with Crippen molar-refractivity contribution in [2.24, 2.45) is 0 Å². The van der Waals surface area contributed by atoms with Crippen LogP contribution in [0, 0.1) is 13.8 Å². The number of rotatable bonds is 3. The number of halogens is 1. The van der Waals surface area contributed by atoms with Crippen LogP contribution < -0.4 is 5.32 Å². The van der Waals surface area contributed by atoms with Crippen LogP contribution >= 0.6 is 34.3 Å². The third-order valence-electron chi connectivity index (χ3n) is 2.93. The normalized spacial score (nSPS) is 10.7. The molecule has 0 bridgehead atoms. The number of hydrogen-bond donors (Lipinski definition) is 1. The number of carbonyl (C=O) groups excluding carboxylic acids is 1. The van der Waals surface area contributed by atoms with E-state index in [9.17, 15) is 4.79 Å². The number of nitrogens with zero attached hydrogens (tertiary/aromatic N) is 2. The van der Waals surface area contributed by atoms with Gasteiger partial charge in [-0.1, -0.05) is 23.7 Å². The molecule has 0 aliphatic rings. The minimum atomic E-state index is -0.176. The average molecular weight is 350 g/mol. The van der Waals surface area contributed by atoms with E-state index in [1.54, 1.807) is 0 Å². The van der Waals surface area contributed by atoms with Crippen LogP contribution in [0.4, 0.5) is 5.13 Å². The lowest BCUT2D eigenvalue weighted by Crippen LogP contribution is -2.11.